The second kappa shape index (κ2) is 9.80. The summed E-state index contributed by atoms with van der Waals surface area (Å²) >= 11 is 7.58. The van der Waals surface area contributed by atoms with Crippen molar-refractivity contribution in [3.63, 3.8) is 0 Å². The average molecular weight is 465 g/mol. The number of nitrogens with zero attached hydrogens (tertiary/aromatic N) is 1. The van der Waals surface area contributed by atoms with E-state index in [1.54, 1.807) is 24.3 Å². The van der Waals surface area contributed by atoms with Gasteiger partial charge in [-0.05, 0) is 47.2 Å². The molecule has 2 aromatic carbocycles. The zero-order valence-corrected chi connectivity index (χ0v) is 17.5. The number of alkyl halides is 3. The van der Waals surface area contributed by atoms with Crippen molar-refractivity contribution >= 4 is 40.3 Å². The van der Waals surface area contributed by atoms with Crippen molar-refractivity contribution in [2.24, 2.45) is 10.7 Å². The molecule has 0 aliphatic heterocycles. The SMILES string of the molecule is NC(=CC(=Nc1ccccc1Cl)c1ccc(C(=O)OCc2ccsc2)cc1)C(F)(F)F. The van der Waals surface area contributed by atoms with Crippen molar-refractivity contribution in [3.8, 4) is 0 Å². The average Bonchev–Trinajstić information content (AvgIpc) is 3.26. The second-order valence-corrected chi connectivity index (χ2v) is 7.52. The van der Waals surface area contributed by atoms with Crippen LogP contribution < -0.4 is 5.73 Å². The summed E-state index contributed by atoms with van der Waals surface area (Å²) in [7, 11) is 0. The maximum absolute atomic E-state index is 13.0. The number of hydrogen-bond acceptors (Lipinski definition) is 5. The fourth-order valence-electron chi connectivity index (χ4n) is 2.47. The molecule has 3 aromatic rings. The number of ether oxygens (including phenoxy) is 1. The molecular formula is C22H16ClF3N2O2S. The molecule has 0 aliphatic carbocycles. The number of benzene rings is 2. The number of allylic oxidation sites excluding steroid dienone is 2. The van der Waals surface area contributed by atoms with E-state index >= 15 is 0 Å². The highest BCUT2D eigenvalue weighted by Gasteiger charge is 2.31. The lowest BCUT2D eigenvalue weighted by Gasteiger charge is -2.10. The molecule has 1 heterocycles. The van der Waals surface area contributed by atoms with Gasteiger partial charge in [-0.1, -0.05) is 35.9 Å². The molecule has 2 N–H and O–H groups in total. The highest BCUT2D eigenvalue weighted by molar-refractivity contribution is 7.07. The van der Waals surface area contributed by atoms with E-state index in [0.29, 0.717) is 5.56 Å². The Balaban J connectivity index is 1.88. The first-order valence-corrected chi connectivity index (χ1v) is 10.2. The molecule has 1 aromatic heterocycles. The number of carbonyl (C=O) groups is 1. The molecule has 160 valence electrons. The standard InChI is InChI=1S/C22H16ClF3N2O2S/c23-17-3-1-2-4-18(17)28-19(11-20(27)22(24,25)26)15-5-7-16(8-6-15)21(29)30-12-14-9-10-31-13-14/h1-11,13H,12,27H2. The lowest BCUT2D eigenvalue weighted by Crippen LogP contribution is -2.21. The number of hydrogen-bond donors (Lipinski definition) is 1. The van der Waals surface area contributed by atoms with E-state index in [4.69, 9.17) is 22.1 Å². The van der Waals surface area contributed by atoms with Gasteiger partial charge in [0.1, 0.15) is 12.3 Å². The Labute approximate surface area is 185 Å². The predicted octanol–water partition coefficient (Wildman–Crippen LogP) is 6.28. The van der Waals surface area contributed by atoms with E-state index in [1.165, 1.54) is 35.6 Å². The van der Waals surface area contributed by atoms with E-state index in [2.05, 4.69) is 4.99 Å². The molecule has 9 heteroatoms. The monoisotopic (exact) mass is 464 g/mol. The number of rotatable bonds is 6. The van der Waals surface area contributed by atoms with Crippen LogP contribution in [0.5, 0.6) is 0 Å². The van der Waals surface area contributed by atoms with Crippen LogP contribution in [0.15, 0.2) is 82.1 Å². The number of esters is 1. The van der Waals surface area contributed by atoms with Crippen molar-refractivity contribution in [1.82, 2.24) is 0 Å². The zero-order chi connectivity index (χ0) is 22.4. The first kappa shape index (κ1) is 22.6. The zero-order valence-electron chi connectivity index (χ0n) is 15.9. The Kier molecular flexibility index (Phi) is 7.14. The predicted molar refractivity (Wildman–Crippen MR) is 116 cm³/mol. The summed E-state index contributed by atoms with van der Waals surface area (Å²) in [6, 6.07) is 14.2. The van der Waals surface area contributed by atoms with Crippen LogP contribution in [0.3, 0.4) is 0 Å². The van der Waals surface area contributed by atoms with Gasteiger partial charge in [0.05, 0.1) is 22.0 Å². The third kappa shape index (κ3) is 6.19. The molecule has 0 atom stereocenters. The maximum atomic E-state index is 13.0. The lowest BCUT2D eigenvalue weighted by molar-refractivity contribution is -0.0925. The van der Waals surface area contributed by atoms with Gasteiger partial charge >= 0.3 is 12.1 Å². The van der Waals surface area contributed by atoms with Gasteiger partial charge in [-0.25, -0.2) is 9.79 Å². The normalized spacial score (nSPS) is 12.6. The molecule has 0 radical (unpaired) electrons. The summed E-state index contributed by atoms with van der Waals surface area (Å²) in [4.78, 5) is 16.5. The summed E-state index contributed by atoms with van der Waals surface area (Å²) < 4.78 is 44.2. The summed E-state index contributed by atoms with van der Waals surface area (Å²) in [6.45, 7) is 0.133. The number of carbonyl (C=O) groups excluding carboxylic acids is 1. The second-order valence-electron chi connectivity index (χ2n) is 6.33. The smallest absolute Gasteiger partial charge is 0.430 e. The minimum atomic E-state index is -4.72. The number of para-hydroxylation sites is 1. The highest BCUT2D eigenvalue weighted by atomic mass is 35.5. The van der Waals surface area contributed by atoms with Crippen LogP contribution in [-0.2, 0) is 11.3 Å². The van der Waals surface area contributed by atoms with Gasteiger partial charge in [-0.3, -0.25) is 0 Å². The largest absolute Gasteiger partial charge is 0.457 e. The Hall–Kier alpha value is -3.10. The number of halogens is 4. The van der Waals surface area contributed by atoms with Gasteiger partial charge in [0.15, 0.2) is 0 Å². The number of thiophene rings is 1. The van der Waals surface area contributed by atoms with Crippen LogP contribution in [0.1, 0.15) is 21.5 Å². The van der Waals surface area contributed by atoms with Gasteiger partial charge in [0.25, 0.3) is 0 Å². The number of aliphatic imine (C=N–C) groups is 1. The summed E-state index contributed by atoms with van der Waals surface area (Å²) in [5.41, 5.74) is 5.56. The molecule has 3 rings (SSSR count). The van der Waals surface area contributed by atoms with E-state index in [0.717, 1.165) is 11.6 Å². The van der Waals surface area contributed by atoms with Gasteiger partial charge in [0, 0.05) is 11.1 Å². The molecule has 0 spiro atoms. The van der Waals surface area contributed by atoms with Crippen LogP contribution in [-0.4, -0.2) is 17.9 Å². The topological polar surface area (TPSA) is 64.7 Å². The molecule has 0 fully saturated rings. The Bertz CT molecular complexity index is 1110. The van der Waals surface area contributed by atoms with Crippen molar-refractivity contribution < 1.29 is 22.7 Å². The van der Waals surface area contributed by atoms with E-state index in [1.807, 2.05) is 16.8 Å². The van der Waals surface area contributed by atoms with Crippen molar-refractivity contribution in [1.29, 1.82) is 0 Å². The van der Waals surface area contributed by atoms with E-state index in [-0.39, 0.29) is 28.6 Å². The number of nitrogens with two attached hydrogens (primary N) is 1. The van der Waals surface area contributed by atoms with Crippen molar-refractivity contribution in [2.75, 3.05) is 0 Å². The molecule has 0 saturated carbocycles. The molecular weight excluding hydrogens is 449 g/mol. The van der Waals surface area contributed by atoms with Gasteiger partial charge in [-0.15, -0.1) is 0 Å². The Morgan fingerprint density at radius 3 is 2.39 bits per heavy atom. The summed E-state index contributed by atoms with van der Waals surface area (Å²) in [5.74, 6) is -0.548. The fourth-order valence-corrected chi connectivity index (χ4v) is 3.30. The van der Waals surface area contributed by atoms with Gasteiger partial charge in [-0.2, -0.15) is 24.5 Å². The van der Waals surface area contributed by atoms with Crippen molar-refractivity contribution in [3.05, 3.63) is 98.8 Å². The van der Waals surface area contributed by atoms with Crippen molar-refractivity contribution in [2.45, 2.75) is 12.8 Å². The van der Waals surface area contributed by atoms with E-state index < -0.39 is 17.8 Å². The van der Waals surface area contributed by atoms with Gasteiger partial charge in [0.2, 0.25) is 0 Å². The molecule has 0 amide bonds. The van der Waals surface area contributed by atoms with Crippen LogP contribution in [0.25, 0.3) is 0 Å². The molecule has 4 nitrogen and oxygen atoms in total. The highest BCUT2D eigenvalue weighted by Crippen LogP contribution is 2.27. The Morgan fingerprint density at radius 1 is 1.10 bits per heavy atom. The van der Waals surface area contributed by atoms with Crippen LogP contribution in [0, 0.1) is 0 Å². The quantitative estimate of drug-likeness (QED) is 0.344. The van der Waals surface area contributed by atoms with Crippen LogP contribution in [0.4, 0.5) is 18.9 Å². The minimum absolute atomic E-state index is 0.0545. The Morgan fingerprint density at radius 2 is 1.77 bits per heavy atom. The minimum Gasteiger partial charge on any atom is -0.457 e. The molecule has 0 unspecified atom stereocenters. The molecule has 0 bridgehead atoms. The first-order valence-electron chi connectivity index (χ1n) is 8.90. The summed E-state index contributed by atoms with van der Waals surface area (Å²) in [5, 5.41) is 4.01. The third-order valence-electron chi connectivity index (χ3n) is 4.08. The van der Waals surface area contributed by atoms with Crippen LogP contribution >= 0.6 is 22.9 Å². The van der Waals surface area contributed by atoms with Crippen LogP contribution in [0.2, 0.25) is 5.02 Å². The fraction of sp³-hybridized carbons (Fsp3) is 0.0909. The first-order chi connectivity index (χ1) is 14.7. The summed E-state index contributed by atoms with van der Waals surface area (Å²) in [6.07, 6.45) is -3.99. The molecule has 0 saturated heterocycles. The third-order valence-corrected chi connectivity index (χ3v) is 5.13. The molecule has 31 heavy (non-hydrogen) atoms. The van der Waals surface area contributed by atoms with Gasteiger partial charge < -0.3 is 10.5 Å². The lowest BCUT2D eigenvalue weighted by atomic mass is 10.1. The maximum Gasteiger partial charge on any atom is 0.430 e. The molecule has 0 aliphatic rings. The van der Waals surface area contributed by atoms with E-state index in [9.17, 15) is 18.0 Å².